The van der Waals surface area contributed by atoms with E-state index in [2.05, 4.69) is 4.98 Å². The normalized spacial score (nSPS) is 11.2. The van der Waals surface area contributed by atoms with E-state index in [1.54, 1.807) is 29.2 Å². The summed E-state index contributed by atoms with van der Waals surface area (Å²) in [4.78, 5) is 16.1. The van der Waals surface area contributed by atoms with Crippen LogP contribution in [0.4, 0.5) is 0 Å². The molecule has 3 rings (SSSR count). The SMILES string of the molecule is Cc1csc(SCc2cc(=O)oc3cc(C)c(Cl)cc23)n1. The average Bonchev–Trinajstić information content (AvgIpc) is 2.84. The van der Waals surface area contributed by atoms with Crippen molar-refractivity contribution < 1.29 is 4.42 Å². The van der Waals surface area contributed by atoms with Gasteiger partial charge >= 0.3 is 5.63 Å². The van der Waals surface area contributed by atoms with E-state index < -0.39 is 0 Å². The van der Waals surface area contributed by atoms with Gasteiger partial charge in [0.05, 0.1) is 0 Å². The number of hydrogen-bond donors (Lipinski definition) is 0. The summed E-state index contributed by atoms with van der Waals surface area (Å²) in [5.74, 6) is 0.661. The number of aromatic nitrogens is 1. The van der Waals surface area contributed by atoms with Crippen molar-refractivity contribution in [3.05, 3.63) is 55.8 Å². The molecule has 0 saturated heterocycles. The molecule has 2 aromatic heterocycles. The zero-order valence-electron chi connectivity index (χ0n) is 11.5. The molecule has 0 saturated carbocycles. The fourth-order valence-electron chi connectivity index (χ4n) is 2.01. The number of thioether (sulfide) groups is 1. The van der Waals surface area contributed by atoms with Gasteiger partial charge in [0.15, 0.2) is 0 Å². The van der Waals surface area contributed by atoms with Crippen LogP contribution in [0, 0.1) is 13.8 Å². The molecular formula is C15H12ClNO2S2. The maximum atomic E-state index is 11.7. The molecule has 0 radical (unpaired) electrons. The Hall–Kier alpha value is -1.30. The van der Waals surface area contributed by atoms with Crippen LogP contribution < -0.4 is 5.63 Å². The Labute approximate surface area is 135 Å². The van der Waals surface area contributed by atoms with Gasteiger partial charge in [-0.15, -0.1) is 11.3 Å². The minimum atomic E-state index is -0.338. The van der Waals surface area contributed by atoms with Crippen LogP contribution in [0.25, 0.3) is 11.0 Å². The van der Waals surface area contributed by atoms with Crippen LogP contribution >= 0.6 is 34.7 Å². The molecular weight excluding hydrogens is 326 g/mol. The minimum absolute atomic E-state index is 0.338. The van der Waals surface area contributed by atoms with Gasteiger partial charge in [0.1, 0.15) is 9.92 Å². The van der Waals surface area contributed by atoms with Crippen molar-refractivity contribution in [1.82, 2.24) is 4.98 Å². The summed E-state index contributed by atoms with van der Waals surface area (Å²) in [5, 5.41) is 3.57. The van der Waals surface area contributed by atoms with Crippen LogP contribution in [0.5, 0.6) is 0 Å². The smallest absolute Gasteiger partial charge is 0.336 e. The van der Waals surface area contributed by atoms with Crippen molar-refractivity contribution in [1.29, 1.82) is 0 Å². The highest BCUT2D eigenvalue weighted by molar-refractivity contribution is 8.00. The van der Waals surface area contributed by atoms with E-state index in [-0.39, 0.29) is 5.63 Å². The third-order valence-electron chi connectivity index (χ3n) is 3.06. The second-order valence-electron chi connectivity index (χ2n) is 4.73. The summed E-state index contributed by atoms with van der Waals surface area (Å²) < 4.78 is 6.25. The van der Waals surface area contributed by atoms with E-state index in [0.717, 1.165) is 26.5 Å². The van der Waals surface area contributed by atoms with E-state index in [4.69, 9.17) is 16.0 Å². The largest absolute Gasteiger partial charge is 0.423 e. The number of benzene rings is 1. The molecule has 1 aromatic carbocycles. The molecule has 0 amide bonds. The van der Waals surface area contributed by atoms with E-state index in [9.17, 15) is 4.79 Å². The molecule has 2 heterocycles. The van der Waals surface area contributed by atoms with Gasteiger partial charge in [0.25, 0.3) is 0 Å². The lowest BCUT2D eigenvalue weighted by atomic mass is 10.1. The molecule has 0 aliphatic heterocycles. The van der Waals surface area contributed by atoms with E-state index in [0.29, 0.717) is 16.4 Å². The topological polar surface area (TPSA) is 43.1 Å². The van der Waals surface area contributed by atoms with Crippen LogP contribution in [-0.4, -0.2) is 4.98 Å². The Bertz CT molecular complexity index is 870. The van der Waals surface area contributed by atoms with E-state index in [1.807, 2.05) is 25.3 Å². The van der Waals surface area contributed by atoms with Gasteiger partial charge in [-0.2, -0.15) is 0 Å². The maximum absolute atomic E-state index is 11.7. The van der Waals surface area contributed by atoms with Crippen molar-refractivity contribution in [2.24, 2.45) is 0 Å². The second kappa shape index (κ2) is 5.83. The maximum Gasteiger partial charge on any atom is 0.336 e. The molecule has 3 nitrogen and oxygen atoms in total. The van der Waals surface area contributed by atoms with Crippen LogP contribution in [0.3, 0.4) is 0 Å². The Morgan fingerprint density at radius 3 is 2.86 bits per heavy atom. The predicted octanol–water partition coefficient (Wildman–Crippen LogP) is 4.81. The van der Waals surface area contributed by atoms with Gasteiger partial charge in [-0.25, -0.2) is 9.78 Å². The lowest BCUT2D eigenvalue weighted by Gasteiger charge is -2.06. The molecule has 6 heteroatoms. The highest BCUT2D eigenvalue weighted by Crippen LogP contribution is 2.30. The van der Waals surface area contributed by atoms with Gasteiger partial charge in [-0.3, -0.25) is 0 Å². The van der Waals surface area contributed by atoms with Crippen molar-refractivity contribution >= 4 is 45.7 Å². The molecule has 0 fully saturated rings. The molecule has 3 aromatic rings. The van der Waals surface area contributed by atoms with Crippen molar-refractivity contribution in [3.8, 4) is 0 Å². The molecule has 0 spiro atoms. The van der Waals surface area contributed by atoms with Crippen LogP contribution in [0.1, 0.15) is 16.8 Å². The number of hydrogen-bond acceptors (Lipinski definition) is 5. The zero-order chi connectivity index (χ0) is 15.0. The number of thiazole rings is 1. The summed E-state index contributed by atoms with van der Waals surface area (Å²) in [7, 11) is 0. The van der Waals surface area contributed by atoms with Gasteiger partial charge in [0.2, 0.25) is 0 Å². The standard InChI is InChI=1S/C15H12ClNO2S2/c1-8-3-13-11(5-12(8)16)10(4-14(18)19-13)7-21-15-17-9(2)6-20-15/h3-6H,7H2,1-2H3. The first kappa shape index (κ1) is 14.6. The Morgan fingerprint density at radius 1 is 1.33 bits per heavy atom. The van der Waals surface area contributed by atoms with Crippen molar-refractivity contribution in [3.63, 3.8) is 0 Å². The third kappa shape index (κ3) is 3.15. The lowest BCUT2D eigenvalue weighted by molar-refractivity contribution is 0.559. The van der Waals surface area contributed by atoms with Crippen molar-refractivity contribution in [2.45, 2.75) is 23.9 Å². The van der Waals surface area contributed by atoms with Gasteiger partial charge in [0, 0.05) is 33.3 Å². The first-order chi connectivity index (χ1) is 10.0. The molecule has 0 atom stereocenters. The molecule has 21 heavy (non-hydrogen) atoms. The van der Waals surface area contributed by atoms with Crippen LogP contribution in [0.2, 0.25) is 5.02 Å². The predicted molar refractivity (Wildman–Crippen MR) is 88.6 cm³/mol. The lowest BCUT2D eigenvalue weighted by Crippen LogP contribution is -2.00. The van der Waals surface area contributed by atoms with Crippen LogP contribution in [-0.2, 0) is 5.75 Å². The zero-order valence-corrected chi connectivity index (χ0v) is 13.9. The number of halogens is 1. The summed E-state index contributed by atoms with van der Waals surface area (Å²) in [6.45, 7) is 3.86. The highest BCUT2D eigenvalue weighted by atomic mass is 35.5. The Morgan fingerprint density at radius 2 is 2.14 bits per heavy atom. The fraction of sp³-hybridized carbons (Fsp3) is 0.200. The first-order valence-electron chi connectivity index (χ1n) is 6.31. The fourth-order valence-corrected chi connectivity index (χ4v) is 4.01. The molecule has 0 aliphatic rings. The summed E-state index contributed by atoms with van der Waals surface area (Å²) in [5.41, 5.74) is 3.07. The summed E-state index contributed by atoms with van der Waals surface area (Å²) >= 11 is 9.40. The Kier molecular flexibility index (Phi) is 4.06. The molecule has 0 unspecified atom stereocenters. The quantitative estimate of drug-likeness (QED) is 0.508. The number of aryl methyl sites for hydroxylation is 2. The van der Waals surface area contributed by atoms with Gasteiger partial charge in [-0.1, -0.05) is 23.4 Å². The highest BCUT2D eigenvalue weighted by Gasteiger charge is 2.10. The average molecular weight is 338 g/mol. The van der Waals surface area contributed by atoms with E-state index in [1.165, 1.54) is 6.07 Å². The summed E-state index contributed by atoms with van der Waals surface area (Å²) in [6.07, 6.45) is 0. The van der Waals surface area contributed by atoms with Gasteiger partial charge in [-0.05, 0) is 37.1 Å². The van der Waals surface area contributed by atoms with Crippen LogP contribution in [0.15, 0.2) is 37.1 Å². The van der Waals surface area contributed by atoms with Crippen molar-refractivity contribution in [2.75, 3.05) is 0 Å². The molecule has 0 N–H and O–H groups in total. The minimum Gasteiger partial charge on any atom is -0.423 e. The Balaban J connectivity index is 2.00. The molecule has 108 valence electrons. The van der Waals surface area contributed by atoms with E-state index >= 15 is 0 Å². The number of rotatable bonds is 3. The number of fused-ring (bicyclic) bond motifs is 1. The number of nitrogens with zero attached hydrogens (tertiary/aromatic N) is 1. The third-order valence-corrected chi connectivity index (χ3v) is 5.65. The first-order valence-corrected chi connectivity index (χ1v) is 8.55. The monoisotopic (exact) mass is 337 g/mol. The summed E-state index contributed by atoms with van der Waals surface area (Å²) in [6, 6.07) is 5.19. The molecule has 0 aliphatic carbocycles. The van der Waals surface area contributed by atoms with Gasteiger partial charge < -0.3 is 4.42 Å². The second-order valence-corrected chi connectivity index (χ2v) is 7.22. The molecule has 0 bridgehead atoms.